The lowest BCUT2D eigenvalue weighted by Crippen LogP contribution is -1.99. The molecular weight excluding hydrogens is 235 g/mol. The number of halogens is 2. The Balaban J connectivity index is 2.99. The molecule has 0 saturated heterocycles. The number of benzene rings is 1. The van der Waals surface area contributed by atoms with E-state index in [1.165, 1.54) is 18.2 Å². The average Bonchev–Trinajstić information content (AvgIpc) is 1.94. The first-order valence-corrected chi connectivity index (χ1v) is 5.90. The number of hydrogen-bond donors (Lipinski definition) is 0. The van der Waals surface area contributed by atoms with E-state index in [0.29, 0.717) is 5.02 Å². The van der Waals surface area contributed by atoms with E-state index in [4.69, 9.17) is 22.3 Å². The number of aryl methyl sites for hydroxylation is 1. The average molecular weight is 241 g/mol. The third-order valence-corrected chi connectivity index (χ3v) is 2.33. The van der Waals surface area contributed by atoms with Crippen LogP contribution in [0.25, 0.3) is 0 Å². The van der Waals surface area contributed by atoms with Gasteiger partial charge in [0, 0.05) is 5.02 Å². The van der Waals surface area contributed by atoms with Gasteiger partial charge in [0.2, 0.25) is 0 Å². The summed E-state index contributed by atoms with van der Waals surface area (Å²) in [5, 5.41) is 0.541. The minimum absolute atomic E-state index is 0.150. The second-order valence-electron chi connectivity index (χ2n) is 2.39. The van der Waals surface area contributed by atoms with Crippen molar-refractivity contribution in [3.8, 4) is 5.75 Å². The first-order chi connectivity index (χ1) is 5.88. The summed E-state index contributed by atoms with van der Waals surface area (Å²) in [4.78, 5) is 0. The van der Waals surface area contributed by atoms with E-state index in [9.17, 15) is 8.42 Å². The molecule has 0 atom stereocenters. The van der Waals surface area contributed by atoms with Crippen LogP contribution in [0.2, 0.25) is 5.02 Å². The Bertz CT molecular complexity index is 414. The van der Waals surface area contributed by atoms with Crippen molar-refractivity contribution in [3.05, 3.63) is 28.8 Å². The first-order valence-electron chi connectivity index (χ1n) is 3.29. The van der Waals surface area contributed by atoms with Crippen molar-refractivity contribution in [2.45, 2.75) is 6.92 Å². The predicted octanol–water partition coefficient (Wildman–Crippen LogP) is 2.51. The van der Waals surface area contributed by atoms with Crippen LogP contribution in [0.5, 0.6) is 5.75 Å². The monoisotopic (exact) mass is 240 g/mol. The summed E-state index contributed by atoms with van der Waals surface area (Å²) in [5.41, 5.74) is 0.722. The molecule has 6 heteroatoms. The lowest BCUT2D eigenvalue weighted by Gasteiger charge is -2.02. The number of rotatable bonds is 2. The van der Waals surface area contributed by atoms with E-state index in [1.54, 1.807) is 6.92 Å². The maximum atomic E-state index is 10.5. The van der Waals surface area contributed by atoms with Crippen LogP contribution in [0.3, 0.4) is 0 Å². The summed E-state index contributed by atoms with van der Waals surface area (Å²) >= 11 is 5.71. The molecule has 0 aliphatic carbocycles. The van der Waals surface area contributed by atoms with Crippen LogP contribution in [0.4, 0.5) is 0 Å². The van der Waals surface area contributed by atoms with Gasteiger partial charge in [0.05, 0.1) is 10.7 Å². The van der Waals surface area contributed by atoms with Crippen molar-refractivity contribution in [1.29, 1.82) is 0 Å². The molecule has 0 amide bonds. The van der Waals surface area contributed by atoms with Gasteiger partial charge in [-0.2, -0.15) is 8.42 Å². The van der Waals surface area contributed by atoms with Gasteiger partial charge in [-0.3, -0.25) is 0 Å². The minimum atomic E-state index is -3.98. The molecule has 0 unspecified atom stereocenters. The molecule has 0 aromatic heterocycles. The van der Waals surface area contributed by atoms with Crippen molar-refractivity contribution in [3.63, 3.8) is 0 Å². The van der Waals surface area contributed by atoms with E-state index < -0.39 is 9.33 Å². The summed E-state index contributed by atoms with van der Waals surface area (Å²) in [6.07, 6.45) is 0. The smallest absolute Gasteiger partial charge is 0.371 e. The Morgan fingerprint density at radius 1 is 1.38 bits per heavy atom. The zero-order valence-corrected chi connectivity index (χ0v) is 8.95. The highest BCUT2D eigenvalue weighted by atomic mass is 35.7. The van der Waals surface area contributed by atoms with Crippen molar-refractivity contribution in [2.24, 2.45) is 0 Å². The van der Waals surface area contributed by atoms with Gasteiger partial charge in [0.1, 0.15) is 5.75 Å². The maximum Gasteiger partial charge on any atom is 0.401 e. The summed E-state index contributed by atoms with van der Waals surface area (Å²) in [6, 6.07) is 4.45. The predicted molar refractivity (Wildman–Crippen MR) is 51.6 cm³/mol. The molecule has 0 fully saturated rings. The van der Waals surface area contributed by atoms with E-state index in [2.05, 4.69) is 4.18 Å². The Kier molecular flexibility index (Phi) is 3.05. The Labute approximate surface area is 85.9 Å². The second-order valence-corrected chi connectivity index (χ2v) is 4.88. The van der Waals surface area contributed by atoms with Gasteiger partial charge in [-0.05, 0) is 30.7 Å². The van der Waals surface area contributed by atoms with E-state index in [0.717, 1.165) is 5.56 Å². The molecule has 0 spiro atoms. The molecule has 0 bridgehead atoms. The van der Waals surface area contributed by atoms with Gasteiger partial charge in [-0.15, -0.1) is 0 Å². The zero-order valence-electron chi connectivity index (χ0n) is 6.62. The van der Waals surface area contributed by atoms with Crippen LogP contribution < -0.4 is 4.18 Å². The Morgan fingerprint density at radius 3 is 2.46 bits per heavy atom. The molecule has 0 aliphatic rings. The molecule has 13 heavy (non-hydrogen) atoms. The molecule has 1 aromatic rings. The molecule has 0 radical (unpaired) electrons. The fraction of sp³-hybridized carbons (Fsp3) is 0.143. The van der Waals surface area contributed by atoms with Crippen molar-refractivity contribution < 1.29 is 12.6 Å². The largest absolute Gasteiger partial charge is 0.401 e. The lowest BCUT2D eigenvalue weighted by molar-refractivity contribution is 0.503. The van der Waals surface area contributed by atoms with E-state index >= 15 is 0 Å². The molecule has 0 saturated carbocycles. The molecule has 1 aromatic carbocycles. The highest BCUT2D eigenvalue weighted by Gasteiger charge is 2.07. The fourth-order valence-corrected chi connectivity index (χ4v) is 1.45. The quantitative estimate of drug-likeness (QED) is 0.747. The molecular formula is C7H6Cl2O3S. The molecule has 3 nitrogen and oxygen atoms in total. The normalized spacial score (nSPS) is 11.3. The summed E-state index contributed by atoms with van der Waals surface area (Å²) < 4.78 is 25.4. The minimum Gasteiger partial charge on any atom is -0.371 e. The van der Waals surface area contributed by atoms with Gasteiger partial charge in [0.15, 0.2) is 0 Å². The van der Waals surface area contributed by atoms with Crippen LogP contribution in [0.1, 0.15) is 5.56 Å². The van der Waals surface area contributed by atoms with Gasteiger partial charge < -0.3 is 4.18 Å². The zero-order chi connectivity index (χ0) is 10.1. The van der Waals surface area contributed by atoms with Crippen molar-refractivity contribution in [1.82, 2.24) is 0 Å². The van der Waals surface area contributed by atoms with Gasteiger partial charge in [0.25, 0.3) is 0 Å². The fourth-order valence-electron chi connectivity index (χ4n) is 0.784. The summed E-state index contributed by atoms with van der Waals surface area (Å²) in [5.74, 6) is 0.150. The van der Waals surface area contributed by atoms with Crippen LogP contribution >= 0.6 is 22.3 Å². The van der Waals surface area contributed by atoms with Crippen LogP contribution in [0.15, 0.2) is 18.2 Å². The van der Waals surface area contributed by atoms with Gasteiger partial charge in [-0.25, -0.2) is 0 Å². The van der Waals surface area contributed by atoms with E-state index in [-0.39, 0.29) is 5.75 Å². The topological polar surface area (TPSA) is 43.4 Å². The SMILES string of the molecule is Cc1cc(OS(=O)(=O)Cl)ccc1Cl. The summed E-state index contributed by atoms with van der Waals surface area (Å²) in [6.45, 7) is 1.73. The standard InChI is InChI=1S/C7H6Cl2O3S/c1-5-4-6(2-3-7(5)8)12-13(9,10)11/h2-4H,1H3. The highest BCUT2D eigenvalue weighted by Crippen LogP contribution is 2.22. The second kappa shape index (κ2) is 3.74. The van der Waals surface area contributed by atoms with Crippen LogP contribution in [-0.4, -0.2) is 8.42 Å². The third-order valence-electron chi connectivity index (χ3n) is 1.33. The third kappa shape index (κ3) is 3.42. The van der Waals surface area contributed by atoms with E-state index in [1.807, 2.05) is 0 Å². The molecule has 72 valence electrons. The lowest BCUT2D eigenvalue weighted by atomic mass is 10.2. The molecule has 1 rings (SSSR count). The van der Waals surface area contributed by atoms with Crippen LogP contribution in [0, 0.1) is 6.92 Å². The molecule has 0 heterocycles. The van der Waals surface area contributed by atoms with Crippen molar-refractivity contribution in [2.75, 3.05) is 0 Å². The Hall–Kier alpha value is -0.450. The van der Waals surface area contributed by atoms with Gasteiger partial charge >= 0.3 is 9.33 Å². The molecule has 0 aliphatic heterocycles. The highest BCUT2D eigenvalue weighted by molar-refractivity contribution is 8.10. The van der Waals surface area contributed by atoms with Crippen LogP contribution in [-0.2, 0) is 9.33 Å². The number of hydrogen-bond acceptors (Lipinski definition) is 3. The van der Waals surface area contributed by atoms with Gasteiger partial charge in [-0.1, -0.05) is 11.6 Å². The maximum absolute atomic E-state index is 10.5. The molecule has 0 N–H and O–H groups in total. The summed E-state index contributed by atoms with van der Waals surface area (Å²) in [7, 11) is 0.899. The Morgan fingerprint density at radius 2 is 2.00 bits per heavy atom. The van der Waals surface area contributed by atoms with Crippen molar-refractivity contribution >= 4 is 31.6 Å². The first kappa shape index (κ1) is 10.6.